The summed E-state index contributed by atoms with van der Waals surface area (Å²) in [5.74, 6) is 0. The minimum Gasteiger partial charge on any atom is -0.326 e. The Morgan fingerprint density at radius 2 is 2.00 bits per heavy atom. The zero-order valence-electron chi connectivity index (χ0n) is 13.2. The van der Waals surface area contributed by atoms with E-state index >= 15 is 0 Å². The molecule has 1 aliphatic rings. The van der Waals surface area contributed by atoms with Gasteiger partial charge in [-0.25, -0.2) is 0 Å². The van der Waals surface area contributed by atoms with Crippen molar-refractivity contribution in [3.8, 4) is 0 Å². The zero-order chi connectivity index (χ0) is 13.9. The van der Waals surface area contributed by atoms with Crippen LogP contribution in [0.5, 0.6) is 0 Å². The first-order valence-corrected chi connectivity index (χ1v) is 7.43. The van der Waals surface area contributed by atoms with E-state index in [0.29, 0.717) is 12.1 Å². The smallest absolute Gasteiger partial charge is 0.0295 e. The predicted octanol–water partition coefficient (Wildman–Crippen LogP) is 2.16. The molecule has 0 amide bonds. The van der Waals surface area contributed by atoms with Crippen molar-refractivity contribution in [2.24, 2.45) is 11.1 Å². The van der Waals surface area contributed by atoms with Crippen molar-refractivity contribution in [3.05, 3.63) is 0 Å². The highest BCUT2D eigenvalue weighted by Crippen LogP contribution is 2.29. The molecule has 3 nitrogen and oxygen atoms in total. The van der Waals surface area contributed by atoms with Gasteiger partial charge in [0.2, 0.25) is 0 Å². The van der Waals surface area contributed by atoms with Crippen LogP contribution in [0.1, 0.15) is 47.0 Å². The number of piperidine rings is 1. The lowest BCUT2D eigenvalue weighted by Crippen LogP contribution is -2.58. The van der Waals surface area contributed by atoms with Gasteiger partial charge in [0.25, 0.3) is 0 Å². The summed E-state index contributed by atoms with van der Waals surface area (Å²) in [6.07, 6.45) is 3.67. The normalized spacial score (nSPS) is 26.3. The maximum absolute atomic E-state index is 6.39. The Morgan fingerprint density at radius 1 is 1.39 bits per heavy atom. The van der Waals surface area contributed by atoms with Crippen LogP contribution in [-0.2, 0) is 0 Å². The van der Waals surface area contributed by atoms with Gasteiger partial charge in [0.15, 0.2) is 0 Å². The third-order valence-electron chi connectivity index (χ3n) is 4.38. The number of nitrogens with zero attached hydrogens (tertiary/aromatic N) is 2. The van der Waals surface area contributed by atoms with Crippen molar-refractivity contribution in [1.29, 1.82) is 0 Å². The van der Waals surface area contributed by atoms with Crippen LogP contribution in [0.25, 0.3) is 0 Å². The molecule has 2 N–H and O–H groups in total. The lowest BCUT2D eigenvalue weighted by Gasteiger charge is -2.47. The second-order valence-electron chi connectivity index (χ2n) is 7.11. The second kappa shape index (κ2) is 6.36. The third-order valence-corrected chi connectivity index (χ3v) is 4.38. The van der Waals surface area contributed by atoms with Crippen molar-refractivity contribution in [2.75, 3.05) is 27.2 Å². The molecule has 3 heteroatoms. The van der Waals surface area contributed by atoms with E-state index < -0.39 is 0 Å². The summed E-state index contributed by atoms with van der Waals surface area (Å²) in [5, 5.41) is 0. The SMILES string of the molecule is CCC(N)C(N(C)C1CCCN(C)C1)C(C)(C)C. The van der Waals surface area contributed by atoms with E-state index in [4.69, 9.17) is 5.73 Å². The quantitative estimate of drug-likeness (QED) is 0.835. The predicted molar refractivity (Wildman–Crippen MR) is 79.8 cm³/mol. The van der Waals surface area contributed by atoms with Gasteiger partial charge in [-0.15, -0.1) is 0 Å². The fourth-order valence-corrected chi connectivity index (χ4v) is 3.48. The molecule has 1 saturated heterocycles. The number of hydrogen-bond donors (Lipinski definition) is 1. The van der Waals surface area contributed by atoms with Gasteiger partial charge in [-0.05, 0) is 45.3 Å². The van der Waals surface area contributed by atoms with Crippen LogP contribution >= 0.6 is 0 Å². The zero-order valence-corrected chi connectivity index (χ0v) is 13.2. The van der Waals surface area contributed by atoms with Gasteiger partial charge in [-0.1, -0.05) is 27.7 Å². The van der Waals surface area contributed by atoms with E-state index in [1.807, 2.05) is 0 Å². The first-order chi connectivity index (χ1) is 8.27. The third kappa shape index (κ3) is 3.94. The molecule has 1 heterocycles. The molecule has 3 atom stereocenters. The van der Waals surface area contributed by atoms with Crippen LogP contribution in [0.3, 0.4) is 0 Å². The summed E-state index contributed by atoms with van der Waals surface area (Å²) in [6, 6.07) is 1.38. The van der Waals surface area contributed by atoms with Crippen LogP contribution in [0.15, 0.2) is 0 Å². The molecule has 1 rings (SSSR count). The second-order valence-corrected chi connectivity index (χ2v) is 7.11. The van der Waals surface area contributed by atoms with E-state index in [2.05, 4.69) is 51.6 Å². The summed E-state index contributed by atoms with van der Waals surface area (Å²) < 4.78 is 0. The number of likely N-dealkylation sites (tertiary alicyclic amines) is 1. The van der Waals surface area contributed by atoms with Gasteiger partial charge in [0, 0.05) is 24.7 Å². The van der Waals surface area contributed by atoms with E-state index in [-0.39, 0.29) is 11.5 Å². The van der Waals surface area contributed by atoms with Crippen LogP contribution in [-0.4, -0.2) is 55.1 Å². The van der Waals surface area contributed by atoms with Crippen molar-refractivity contribution >= 4 is 0 Å². The minimum atomic E-state index is 0.236. The molecule has 0 radical (unpaired) electrons. The lowest BCUT2D eigenvalue weighted by atomic mass is 9.79. The molecule has 0 aliphatic carbocycles. The van der Waals surface area contributed by atoms with Crippen LogP contribution in [0.2, 0.25) is 0 Å². The average molecular weight is 255 g/mol. The molecule has 0 aromatic carbocycles. The molecule has 3 unspecified atom stereocenters. The average Bonchev–Trinajstić information content (AvgIpc) is 2.27. The Balaban J connectivity index is 2.78. The summed E-state index contributed by atoms with van der Waals surface area (Å²) in [7, 11) is 4.50. The number of hydrogen-bond acceptors (Lipinski definition) is 3. The highest BCUT2D eigenvalue weighted by atomic mass is 15.2. The molecule has 108 valence electrons. The van der Waals surface area contributed by atoms with Crippen LogP contribution in [0, 0.1) is 5.41 Å². The summed E-state index contributed by atoms with van der Waals surface area (Å²) >= 11 is 0. The van der Waals surface area contributed by atoms with Crippen molar-refractivity contribution in [3.63, 3.8) is 0 Å². The summed E-state index contributed by atoms with van der Waals surface area (Å²) in [4.78, 5) is 5.01. The fourth-order valence-electron chi connectivity index (χ4n) is 3.48. The molecule has 0 spiro atoms. The molecule has 0 aromatic rings. The van der Waals surface area contributed by atoms with Gasteiger partial charge >= 0.3 is 0 Å². The highest BCUT2D eigenvalue weighted by Gasteiger charge is 2.36. The van der Waals surface area contributed by atoms with Gasteiger partial charge in [0.05, 0.1) is 0 Å². The van der Waals surface area contributed by atoms with Crippen LogP contribution in [0.4, 0.5) is 0 Å². The topological polar surface area (TPSA) is 32.5 Å². The van der Waals surface area contributed by atoms with Gasteiger partial charge < -0.3 is 10.6 Å². The number of likely N-dealkylation sites (N-methyl/N-ethyl adjacent to an activating group) is 2. The molecule has 0 aromatic heterocycles. The van der Waals surface area contributed by atoms with E-state index in [0.717, 1.165) is 6.42 Å². The molecule has 0 saturated carbocycles. The lowest BCUT2D eigenvalue weighted by molar-refractivity contribution is 0.0327. The Bertz CT molecular complexity index is 247. The standard InChI is InChI=1S/C15H33N3/c1-7-13(16)14(15(2,3)4)18(6)12-9-8-10-17(5)11-12/h12-14H,7-11,16H2,1-6H3. The maximum atomic E-state index is 6.39. The Morgan fingerprint density at radius 3 is 2.44 bits per heavy atom. The van der Waals surface area contributed by atoms with E-state index in [1.54, 1.807) is 0 Å². The van der Waals surface area contributed by atoms with Crippen molar-refractivity contribution in [2.45, 2.75) is 65.1 Å². The maximum Gasteiger partial charge on any atom is 0.0295 e. The van der Waals surface area contributed by atoms with Crippen LogP contribution < -0.4 is 5.73 Å². The Kier molecular flexibility index (Phi) is 5.63. The Labute approximate surface area is 114 Å². The first-order valence-electron chi connectivity index (χ1n) is 7.43. The molecule has 18 heavy (non-hydrogen) atoms. The first kappa shape index (κ1) is 15.9. The molecular formula is C15H33N3. The van der Waals surface area contributed by atoms with E-state index in [9.17, 15) is 0 Å². The van der Waals surface area contributed by atoms with Crippen molar-refractivity contribution in [1.82, 2.24) is 9.80 Å². The van der Waals surface area contributed by atoms with Crippen molar-refractivity contribution < 1.29 is 0 Å². The largest absolute Gasteiger partial charge is 0.326 e. The van der Waals surface area contributed by atoms with Gasteiger partial charge in [-0.3, -0.25) is 4.90 Å². The fraction of sp³-hybridized carbons (Fsp3) is 1.00. The minimum absolute atomic E-state index is 0.236. The number of rotatable bonds is 4. The summed E-state index contributed by atoms with van der Waals surface area (Å²) in [5.41, 5.74) is 6.63. The Hall–Kier alpha value is -0.120. The van der Waals surface area contributed by atoms with Gasteiger partial charge in [0.1, 0.15) is 0 Å². The molecular weight excluding hydrogens is 222 g/mol. The molecule has 1 aliphatic heterocycles. The summed E-state index contributed by atoms with van der Waals surface area (Å²) in [6.45, 7) is 11.6. The monoisotopic (exact) mass is 255 g/mol. The molecule has 0 bridgehead atoms. The highest BCUT2D eigenvalue weighted by molar-refractivity contribution is 4.93. The number of nitrogens with two attached hydrogens (primary N) is 1. The van der Waals surface area contributed by atoms with Gasteiger partial charge in [-0.2, -0.15) is 0 Å². The molecule has 1 fully saturated rings. The van der Waals surface area contributed by atoms with E-state index in [1.165, 1.54) is 25.9 Å².